The topological polar surface area (TPSA) is 75.7 Å². The van der Waals surface area contributed by atoms with Gasteiger partial charge in [-0.25, -0.2) is 8.42 Å². The highest BCUT2D eigenvalue weighted by molar-refractivity contribution is 7.98. The Hall–Kier alpha value is -1.61. The highest BCUT2D eigenvalue weighted by Crippen LogP contribution is 2.31. The number of carbonyl (C=O) groups excluding carboxylic acids is 1. The summed E-state index contributed by atoms with van der Waals surface area (Å²) in [6, 6.07) is 11.2. The van der Waals surface area contributed by atoms with E-state index in [1.165, 1.54) is 20.1 Å². The molecule has 1 N–H and O–H groups in total. The van der Waals surface area contributed by atoms with Crippen LogP contribution in [-0.4, -0.2) is 46.0 Å². The molecule has 164 valence electrons. The van der Waals surface area contributed by atoms with Crippen LogP contribution < -0.4 is 14.4 Å². The third-order valence-electron chi connectivity index (χ3n) is 4.21. The van der Waals surface area contributed by atoms with E-state index in [4.69, 9.17) is 27.9 Å². The molecule has 10 heteroatoms. The first kappa shape index (κ1) is 24.7. The van der Waals surface area contributed by atoms with Gasteiger partial charge in [0.05, 0.1) is 24.1 Å². The summed E-state index contributed by atoms with van der Waals surface area (Å²) >= 11 is 13.7. The number of hydrogen-bond donors (Lipinski definition) is 1. The molecule has 0 saturated carbocycles. The molecule has 0 heterocycles. The largest absolute Gasteiger partial charge is 0.495 e. The number of nitrogens with zero attached hydrogens (tertiary/aromatic N) is 1. The number of rotatable bonds is 10. The average molecular weight is 491 g/mol. The first-order chi connectivity index (χ1) is 14.1. The number of amides is 1. The second kappa shape index (κ2) is 11.1. The first-order valence-corrected chi connectivity index (χ1v) is 12.8. The fraction of sp³-hybridized carbons (Fsp3) is 0.350. The number of hydrogen-bond acceptors (Lipinski definition) is 5. The molecular formula is C20H24Cl2N2O4S2. The van der Waals surface area contributed by atoms with Crippen molar-refractivity contribution in [1.29, 1.82) is 0 Å². The summed E-state index contributed by atoms with van der Waals surface area (Å²) in [5, 5.41) is 3.74. The number of carbonyl (C=O) groups is 1. The summed E-state index contributed by atoms with van der Waals surface area (Å²) in [6.07, 6.45) is 1.05. The Morgan fingerprint density at radius 1 is 1.20 bits per heavy atom. The van der Waals surface area contributed by atoms with E-state index in [9.17, 15) is 13.2 Å². The van der Waals surface area contributed by atoms with Gasteiger partial charge in [0.15, 0.2) is 0 Å². The van der Waals surface area contributed by atoms with E-state index in [-0.39, 0.29) is 10.9 Å². The lowest BCUT2D eigenvalue weighted by molar-refractivity contribution is -0.121. The van der Waals surface area contributed by atoms with Crippen molar-refractivity contribution in [3.8, 4) is 5.75 Å². The van der Waals surface area contributed by atoms with Gasteiger partial charge in [-0.2, -0.15) is 11.8 Å². The zero-order chi connectivity index (χ0) is 22.3. The van der Waals surface area contributed by atoms with Crippen molar-refractivity contribution in [3.05, 3.63) is 58.1 Å². The van der Waals surface area contributed by atoms with Crippen LogP contribution in [0.25, 0.3) is 0 Å². The molecule has 0 saturated heterocycles. The van der Waals surface area contributed by atoms with Gasteiger partial charge in [0.2, 0.25) is 15.9 Å². The van der Waals surface area contributed by atoms with Gasteiger partial charge in [-0.05, 0) is 42.8 Å². The van der Waals surface area contributed by atoms with Gasteiger partial charge in [0, 0.05) is 23.1 Å². The van der Waals surface area contributed by atoms with Gasteiger partial charge in [0.25, 0.3) is 0 Å². The monoisotopic (exact) mass is 490 g/mol. The lowest BCUT2D eigenvalue weighted by atomic mass is 10.2. The summed E-state index contributed by atoms with van der Waals surface area (Å²) in [7, 11) is -2.25. The highest BCUT2D eigenvalue weighted by Gasteiger charge is 2.29. The predicted octanol–water partition coefficient (Wildman–Crippen LogP) is 4.21. The molecule has 0 fully saturated rings. The predicted molar refractivity (Wildman–Crippen MR) is 125 cm³/mol. The van der Waals surface area contributed by atoms with E-state index in [1.807, 2.05) is 24.3 Å². The van der Waals surface area contributed by atoms with Crippen LogP contribution in [0.4, 0.5) is 5.69 Å². The van der Waals surface area contributed by atoms with E-state index in [1.54, 1.807) is 23.9 Å². The second-order valence-corrected chi connectivity index (χ2v) is 10.3. The van der Waals surface area contributed by atoms with Crippen LogP contribution in [-0.2, 0) is 20.6 Å². The van der Waals surface area contributed by atoms with Crippen molar-refractivity contribution in [2.75, 3.05) is 30.0 Å². The molecule has 0 aliphatic rings. The lowest BCUT2D eigenvalue weighted by Crippen LogP contribution is -2.48. The van der Waals surface area contributed by atoms with Crippen molar-refractivity contribution in [2.45, 2.75) is 18.7 Å². The quantitative estimate of drug-likeness (QED) is 0.504. The summed E-state index contributed by atoms with van der Waals surface area (Å²) in [5.74, 6) is 1.51. The van der Waals surface area contributed by atoms with Crippen LogP contribution >= 0.6 is 35.0 Å². The van der Waals surface area contributed by atoms with E-state index >= 15 is 0 Å². The summed E-state index contributed by atoms with van der Waals surface area (Å²) in [6.45, 7) is 1.96. The lowest BCUT2D eigenvalue weighted by Gasteiger charge is -2.28. The van der Waals surface area contributed by atoms with E-state index in [0.29, 0.717) is 28.8 Å². The molecule has 2 aromatic rings. The van der Waals surface area contributed by atoms with Crippen LogP contribution in [0.1, 0.15) is 12.5 Å². The zero-order valence-corrected chi connectivity index (χ0v) is 20.0. The number of nitrogens with one attached hydrogen (secondary N) is 1. The van der Waals surface area contributed by atoms with Crippen LogP contribution in [0.3, 0.4) is 0 Å². The molecule has 6 nitrogen and oxygen atoms in total. The molecule has 1 amide bonds. The van der Waals surface area contributed by atoms with E-state index in [2.05, 4.69) is 5.32 Å². The average Bonchev–Trinajstić information content (AvgIpc) is 2.68. The number of ether oxygens (including phenoxy) is 1. The van der Waals surface area contributed by atoms with Gasteiger partial charge in [-0.3, -0.25) is 9.10 Å². The van der Waals surface area contributed by atoms with Gasteiger partial charge in [-0.15, -0.1) is 0 Å². The molecule has 2 rings (SSSR count). The van der Waals surface area contributed by atoms with Crippen LogP contribution in [0, 0.1) is 0 Å². The van der Waals surface area contributed by atoms with Gasteiger partial charge in [-0.1, -0.05) is 35.3 Å². The minimum Gasteiger partial charge on any atom is -0.495 e. The molecule has 0 aromatic heterocycles. The maximum Gasteiger partial charge on any atom is 0.243 e. The van der Waals surface area contributed by atoms with Gasteiger partial charge < -0.3 is 10.1 Å². The number of methoxy groups -OCH3 is 1. The first-order valence-electron chi connectivity index (χ1n) is 9.06. The molecule has 0 aliphatic carbocycles. The summed E-state index contributed by atoms with van der Waals surface area (Å²) in [4.78, 5) is 12.6. The molecule has 1 atom stereocenters. The van der Waals surface area contributed by atoms with E-state index < -0.39 is 16.1 Å². The Bertz CT molecular complexity index is 969. The van der Waals surface area contributed by atoms with E-state index in [0.717, 1.165) is 21.9 Å². The Morgan fingerprint density at radius 3 is 2.43 bits per heavy atom. The van der Waals surface area contributed by atoms with Crippen molar-refractivity contribution in [2.24, 2.45) is 0 Å². The molecule has 0 bridgehead atoms. The van der Waals surface area contributed by atoms with Crippen LogP contribution in [0.2, 0.25) is 10.0 Å². The Kier molecular flexibility index (Phi) is 9.15. The minimum atomic E-state index is -3.72. The number of halogens is 2. The second-order valence-electron chi connectivity index (χ2n) is 6.52. The van der Waals surface area contributed by atoms with Crippen molar-refractivity contribution in [1.82, 2.24) is 5.32 Å². The third kappa shape index (κ3) is 6.97. The van der Waals surface area contributed by atoms with Crippen molar-refractivity contribution in [3.63, 3.8) is 0 Å². The molecule has 30 heavy (non-hydrogen) atoms. The molecule has 0 radical (unpaired) electrons. The Labute approximate surface area is 191 Å². The van der Waals surface area contributed by atoms with Gasteiger partial charge >= 0.3 is 0 Å². The van der Waals surface area contributed by atoms with Crippen LogP contribution in [0.5, 0.6) is 5.75 Å². The number of anilines is 1. The molecule has 0 aliphatic heterocycles. The summed E-state index contributed by atoms with van der Waals surface area (Å²) < 4.78 is 30.9. The maximum absolute atomic E-state index is 12.6. The fourth-order valence-corrected chi connectivity index (χ4v) is 5.13. The van der Waals surface area contributed by atoms with Gasteiger partial charge in [0.1, 0.15) is 11.8 Å². The van der Waals surface area contributed by atoms with Crippen molar-refractivity contribution < 1.29 is 17.9 Å². The molecule has 0 spiro atoms. The standard InChI is InChI=1S/C20H24Cl2N2O4S2/c1-14(20(25)23-10-11-29-13-15-4-6-16(21)7-5-15)24(30(3,26)27)17-8-9-19(28-2)18(22)12-17/h4-9,12,14H,10-11,13H2,1-3H3,(H,23,25)/t14-/m0/s1. The SMILES string of the molecule is COc1ccc(N([C@@H](C)C(=O)NCCSCc2ccc(Cl)cc2)S(C)(=O)=O)cc1Cl. The normalized spacial score (nSPS) is 12.3. The summed E-state index contributed by atoms with van der Waals surface area (Å²) in [5.41, 5.74) is 1.44. The Balaban J connectivity index is 1.95. The number of thioether (sulfide) groups is 1. The fourth-order valence-electron chi connectivity index (χ4n) is 2.77. The Morgan fingerprint density at radius 2 is 1.87 bits per heavy atom. The van der Waals surface area contributed by atoms with Crippen LogP contribution in [0.15, 0.2) is 42.5 Å². The maximum atomic E-state index is 12.6. The molecular weight excluding hydrogens is 467 g/mol. The minimum absolute atomic E-state index is 0.259. The smallest absolute Gasteiger partial charge is 0.243 e. The van der Waals surface area contributed by atoms with Crippen molar-refractivity contribution >= 4 is 56.6 Å². The number of sulfonamides is 1. The molecule has 2 aromatic carbocycles. The zero-order valence-electron chi connectivity index (χ0n) is 16.9. The number of benzene rings is 2. The molecule has 0 unspecified atom stereocenters. The third-order valence-corrected chi connectivity index (χ3v) is 7.03. The highest BCUT2D eigenvalue weighted by atomic mass is 35.5.